The van der Waals surface area contributed by atoms with Crippen LogP contribution in [-0.4, -0.2) is 17.3 Å². The van der Waals surface area contributed by atoms with Crippen molar-refractivity contribution >= 4 is 0 Å². The van der Waals surface area contributed by atoms with Crippen molar-refractivity contribution < 1.29 is 9.84 Å². The number of benzene rings is 1. The summed E-state index contributed by atoms with van der Waals surface area (Å²) in [7, 11) is 0. The molecule has 100 valence electrons. The number of nitrogens with two attached hydrogens (primary N) is 1. The minimum atomic E-state index is -0.646. The van der Waals surface area contributed by atoms with Crippen molar-refractivity contribution in [3.8, 4) is 5.75 Å². The third-order valence-electron chi connectivity index (χ3n) is 3.78. The van der Waals surface area contributed by atoms with E-state index in [9.17, 15) is 5.11 Å². The SMILES string of the molecule is Cc1cccc(CN)c1OCC1(O)CCCCC1. The molecule has 0 bridgehead atoms. The van der Waals surface area contributed by atoms with E-state index in [2.05, 4.69) is 0 Å². The van der Waals surface area contributed by atoms with E-state index >= 15 is 0 Å². The summed E-state index contributed by atoms with van der Waals surface area (Å²) >= 11 is 0. The molecule has 0 aromatic heterocycles. The summed E-state index contributed by atoms with van der Waals surface area (Å²) in [5.74, 6) is 0.846. The maximum atomic E-state index is 10.4. The molecule has 1 fully saturated rings. The lowest BCUT2D eigenvalue weighted by molar-refractivity contribution is -0.0342. The van der Waals surface area contributed by atoms with Gasteiger partial charge < -0.3 is 15.6 Å². The van der Waals surface area contributed by atoms with Crippen molar-refractivity contribution in [2.45, 2.75) is 51.2 Å². The Balaban J connectivity index is 2.05. The average Bonchev–Trinajstić information content (AvgIpc) is 2.38. The second-order valence-electron chi connectivity index (χ2n) is 5.34. The predicted octanol–water partition coefficient (Wildman–Crippen LogP) is 2.53. The van der Waals surface area contributed by atoms with Gasteiger partial charge in [-0.2, -0.15) is 0 Å². The topological polar surface area (TPSA) is 55.5 Å². The fourth-order valence-electron chi connectivity index (χ4n) is 2.64. The normalized spacial score (nSPS) is 18.6. The molecular weight excluding hydrogens is 226 g/mol. The number of aryl methyl sites for hydroxylation is 1. The van der Waals surface area contributed by atoms with Gasteiger partial charge >= 0.3 is 0 Å². The van der Waals surface area contributed by atoms with Gasteiger partial charge in [0, 0.05) is 12.1 Å². The summed E-state index contributed by atoms with van der Waals surface area (Å²) in [6.45, 7) is 2.86. The summed E-state index contributed by atoms with van der Waals surface area (Å²) in [6.07, 6.45) is 5.10. The van der Waals surface area contributed by atoms with Gasteiger partial charge in [-0.1, -0.05) is 37.5 Å². The molecule has 0 atom stereocenters. The number of para-hydroxylation sites is 1. The van der Waals surface area contributed by atoms with Crippen LogP contribution in [0, 0.1) is 6.92 Å². The Morgan fingerprint density at radius 1 is 1.28 bits per heavy atom. The summed E-state index contributed by atoms with van der Waals surface area (Å²) in [6, 6.07) is 5.98. The first-order valence-corrected chi connectivity index (χ1v) is 6.78. The highest BCUT2D eigenvalue weighted by Crippen LogP contribution is 2.30. The molecule has 1 aromatic carbocycles. The molecule has 3 N–H and O–H groups in total. The molecular formula is C15H23NO2. The third kappa shape index (κ3) is 3.03. The van der Waals surface area contributed by atoms with Gasteiger partial charge in [0.25, 0.3) is 0 Å². The molecule has 1 saturated carbocycles. The number of rotatable bonds is 4. The highest BCUT2D eigenvalue weighted by Gasteiger charge is 2.30. The fraction of sp³-hybridized carbons (Fsp3) is 0.600. The summed E-state index contributed by atoms with van der Waals surface area (Å²) in [5, 5.41) is 10.4. The van der Waals surface area contributed by atoms with Crippen LogP contribution in [0.15, 0.2) is 18.2 Å². The molecule has 3 heteroatoms. The first-order valence-electron chi connectivity index (χ1n) is 6.78. The summed E-state index contributed by atoms with van der Waals surface area (Å²) in [5.41, 5.74) is 7.16. The van der Waals surface area contributed by atoms with Crippen LogP contribution in [-0.2, 0) is 6.54 Å². The molecule has 0 radical (unpaired) electrons. The molecule has 18 heavy (non-hydrogen) atoms. The molecule has 3 nitrogen and oxygen atoms in total. The lowest BCUT2D eigenvalue weighted by Crippen LogP contribution is -2.38. The highest BCUT2D eigenvalue weighted by atomic mass is 16.5. The fourth-order valence-corrected chi connectivity index (χ4v) is 2.64. The van der Waals surface area contributed by atoms with E-state index in [-0.39, 0.29) is 0 Å². The predicted molar refractivity (Wildman–Crippen MR) is 72.6 cm³/mol. The smallest absolute Gasteiger partial charge is 0.126 e. The largest absolute Gasteiger partial charge is 0.490 e. The van der Waals surface area contributed by atoms with E-state index in [0.717, 1.165) is 42.6 Å². The van der Waals surface area contributed by atoms with E-state index in [1.54, 1.807) is 0 Å². The maximum Gasteiger partial charge on any atom is 0.126 e. The molecule has 0 heterocycles. The first-order chi connectivity index (χ1) is 8.64. The monoisotopic (exact) mass is 249 g/mol. The van der Waals surface area contributed by atoms with Crippen LogP contribution in [0.2, 0.25) is 0 Å². The third-order valence-corrected chi connectivity index (χ3v) is 3.78. The van der Waals surface area contributed by atoms with Gasteiger partial charge in [0.2, 0.25) is 0 Å². The Bertz CT molecular complexity index is 397. The van der Waals surface area contributed by atoms with Crippen molar-refractivity contribution in [2.75, 3.05) is 6.61 Å². The Morgan fingerprint density at radius 2 is 2.00 bits per heavy atom. The van der Waals surface area contributed by atoms with Crippen LogP contribution in [0.25, 0.3) is 0 Å². The van der Waals surface area contributed by atoms with Gasteiger partial charge in [-0.3, -0.25) is 0 Å². The van der Waals surface area contributed by atoms with Crippen molar-refractivity contribution in [3.63, 3.8) is 0 Å². The van der Waals surface area contributed by atoms with E-state index in [1.165, 1.54) is 6.42 Å². The molecule has 0 amide bonds. The lowest BCUT2D eigenvalue weighted by Gasteiger charge is -2.32. The molecule has 0 saturated heterocycles. The van der Waals surface area contributed by atoms with Crippen molar-refractivity contribution in [1.29, 1.82) is 0 Å². The van der Waals surface area contributed by atoms with E-state index in [4.69, 9.17) is 10.5 Å². The molecule has 1 aromatic rings. The number of hydrogen-bond donors (Lipinski definition) is 2. The van der Waals surface area contributed by atoms with Gasteiger partial charge in [0.1, 0.15) is 12.4 Å². The van der Waals surface area contributed by atoms with Crippen LogP contribution in [0.1, 0.15) is 43.2 Å². The second-order valence-corrected chi connectivity index (χ2v) is 5.34. The van der Waals surface area contributed by atoms with Crippen LogP contribution in [0.3, 0.4) is 0 Å². The molecule has 1 aliphatic rings. The zero-order valence-electron chi connectivity index (χ0n) is 11.1. The van der Waals surface area contributed by atoms with Gasteiger partial charge in [-0.25, -0.2) is 0 Å². The first kappa shape index (κ1) is 13.4. The van der Waals surface area contributed by atoms with Crippen LogP contribution < -0.4 is 10.5 Å². The van der Waals surface area contributed by atoms with Crippen LogP contribution in [0.4, 0.5) is 0 Å². The Labute approximate surface area is 109 Å². The van der Waals surface area contributed by atoms with E-state index < -0.39 is 5.60 Å². The summed E-state index contributed by atoms with van der Waals surface area (Å²) < 4.78 is 5.87. The molecule has 0 spiro atoms. The zero-order valence-corrected chi connectivity index (χ0v) is 11.1. The van der Waals surface area contributed by atoms with Gasteiger partial charge in [-0.15, -0.1) is 0 Å². The molecule has 0 aliphatic heterocycles. The standard InChI is InChI=1S/C15H23NO2/c1-12-6-5-7-13(10-16)14(12)18-11-15(17)8-3-2-4-9-15/h5-7,17H,2-4,8-11,16H2,1H3. The maximum absolute atomic E-state index is 10.4. The molecule has 2 rings (SSSR count). The minimum absolute atomic E-state index is 0.380. The van der Waals surface area contributed by atoms with Gasteiger partial charge in [-0.05, 0) is 25.3 Å². The van der Waals surface area contributed by atoms with Gasteiger partial charge in [0.15, 0.2) is 0 Å². The van der Waals surface area contributed by atoms with Gasteiger partial charge in [0.05, 0.1) is 5.60 Å². The number of hydrogen-bond acceptors (Lipinski definition) is 3. The van der Waals surface area contributed by atoms with E-state index in [1.807, 2.05) is 25.1 Å². The second kappa shape index (κ2) is 5.72. The quantitative estimate of drug-likeness (QED) is 0.862. The van der Waals surface area contributed by atoms with Crippen molar-refractivity contribution in [3.05, 3.63) is 29.3 Å². The van der Waals surface area contributed by atoms with Crippen molar-refractivity contribution in [1.82, 2.24) is 0 Å². The van der Waals surface area contributed by atoms with Crippen LogP contribution in [0.5, 0.6) is 5.75 Å². The number of ether oxygens (including phenoxy) is 1. The Hall–Kier alpha value is -1.06. The van der Waals surface area contributed by atoms with E-state index in [0.29, 0.717) is 13.2 Å². The van der Waals surface area contributed by atoms with Crippen molar-refractivity contribution in [2.24, 2.45) is 5.73 Å². The highest BCUT2D eigenvalue weighted by molar-refractivity contribution is 5.40. The summed E-state index contributed by atoms with van der Waals surface area (Å²) in [4.78, 5) is 0. The zero-order chi connectivity index (χ0) is 13.0. The Kier molecular flexibility index (Phi) is 4.25. The minimum Gasteiger partial charge on any atom is -0.490 e. The van der Waals surface area contributed by atoms with Crippen LogP contribution >= 0.6 is 0 Å². The number of aliphatic hydroxyl groups is 1. The molecule has 0 unspecified atom stereocenters. The molecule has 1 aliphatic carbocycles. The average molecular weight is 249 g/mol. The lowest BCUT2D eigenvalue weighted by atomic mass is 9.85. The Morgan fingerprint density at radius 3 is 2.67 bits per heavy atom.